The molecule has 8 nitrogen and oxygen atoms in total. The second-order valence-electron chi connectivity index (χ2n) is 4.39. The van der Waals surface area contributed by atoms with Crippen LogP contribution in [0, 0.1) is 6.92 Å². The highest BCUT2D eigenvalue weighted by molar-refractivity contribution is 5.38. The predicted octanol–water partition coefficient (Wildman–Crippen LogP) is 1.32. The molecule has 0 saturated carbocycles. The SMILES string of the molecule is Cc1cnn(-c2ccc(Oc3nc(N)nc(N)n3)cc2)c1. The maximum atomic E-state index is 5.48. The molecule has 0 radical (unpaired) electrons. The van der Waals surface area contributed by atoms with Gasteiger partial charge in [-0.2, -0.15) is 20.1 Å². The third-order valence-corrected chi connectivity index (χ3v) is 2.67. The summed E-state index contributed by atoms with van der Waals surface area (Å²) in [6.07, 6.45) is 3.73. The number of nitrogen functional groups attached to an aromatic ring is 2. The molecule has 0 aliphatic heterocycles. The number of aryl methyl sites for hydroxylation is 1. The molecule has 4 N–H and O–H groups in total. The van der Waals surface area contributed by atoms with Gasteiger partial charge in [-0.05, 0) is 36.8 Å². The van der Waals surface area contributed by atoms with Crippen molar-refractivity contribution in [3.8, 4) is 17.4 Å². The van der Waals surface area contributed by atoms with Crippen LogP contribution in [0.1, 0.15) is 5.56 Å². The number of hydrogen-bond acceptors (Lipinski definition) is 7. The van der Waals surface area contributed by atoms with Gasteiger partial charge in [-0.1, -0.05) is 0 Å². The van der Waals surface area contributed by atoms with E-state index in [0.29, 0.717) is 5.75 Å². The quantitative estimate of drug-likeness (QED) is 0.744. The van der Waals surface area contributed by atoms with E-state index in [0.717, 1.165) is 11.3 Å². The van der Waals surface area contributed by atoms with Gasteiger partial charge in [0.25, 0.3) is 0 Å². The van der Waals surface area contributed by atoms with Gasteiger partial charge in [0.05, 0.1) is 11.9 Å². The molecular weight excluding hydrogens is 270 g/mol. The first-order valence-electron chi connectivity index (χ1n) is 6.17. The second kappa shape index (κ2) is 5.08. The highest BCUT2D eigenvalue weighted by Gasteiger charge is 2.05. The number of nitrogens with zero attached hydrogens (tertiary/aromatic N) is 5. The lowest BCUT2D eigenvalue weighted by Gasteiger charge is -2.06. The third-order valence-electron chi connectivity index (χ3n) is 2.67. The molecule has 106 valence electrons. The lowest BCUT2D eigenvalue weighted by molar-refractivity contribution is 0.442. The summed E-state index contributed by atoms with van der Waals surface area (Å²) < 4.78 is 7.26. The summed E-state index contributed by atoms with van der Waals surface area (Å²) in [5.74, 6) is 0.593. The van der Waals surface area contributed by atoms with Crippen LogP contribution in [0.2, 0.25) is 0 Å². The highest BCUT2D eigenvalue weighted by atomic mass is 16.5. The predicted molar refractivity (Wildman–Crippen MR) is 77.0 cm³/mol. The van der Waals surface area contributed by atoms with Gasteiger partial charge in [0.1, 0.15) is 5.75 Å². The summed E-state index contributed by atoms with van der Waals surface area (Å²) in [6.45, 7) is 1.98. The smallest absolute Gasteiger partial charge is 0.328 e. The largest absolute Gasteiger partial charge is 0.424 e. The summed E-state index contributed by atoms with van der Waals surface area (Å²) in [6, 6.07) is 7.36. The van der Waals surface area contributed by atoms with Crippen LogP contribution in [-0.4, -0.2) is 24.7 Å². The minimum Gasteiger partial charge on any atom is -0.424 e. The van der Waals surface area contributed by atoms with Crippen LogP contribution in [-0.2, 0) is 0 Å². The van der Waals surface area contributed by atoms with Crippen molar-refractivity contribution in [3.05, 3.63) is 42.2 Å². The van der Waals surface area contributed by atoms with Gasteiger partial charge in [-0.25, -0.2) is 4.68 Å². The van der Waals surface area contributed by atoms with E-state index in [4.69, 9.17) is 16.2 Å². The highest BCUT2D eigenvalue weighted by Crippen LogP contribution is 2.20. The zero-order valence-corrected chi connectivity index (χ0v) is 11.3. The van der Waals surface area contributed by atoms with Gasteiger partial charge in [-0.15, -0.1) is 0 Å². The molecule has 3 rings (SSSR count). The van der Waals surface area contributed by atoms with Gasteiger partial charge in [0.15, 0.2) is 0 Å². The van der Waals surface area contributed by atoms with Crippen LogP contribution in [0.15, 0.2) is 36.7 Å². The minimum absolute atomic E-state index is 0.0149. The number of hydrogen-bond donors (Lipinski definition) is 2. The van der Waals surface area contributed by atoms with E-state index in [1.807, 2.05) is 25.3 Å². The van der Waals surface area contributed by atoms with E-state index in [2.05, 4.69) is 20.1 Å². The first-order valence-corrected chi connectivity index (χ1v) is 6.17. The molecule has 0 saturated heterocycles. The molecule has 8 heteroatoms. The Morgan fingerprint density at radius 2 is 1.67 bits per heavy atom. The summed E-state index contributed by atoms with van der Waals surface area (Å²) in [7, 11) is 0. The van der Waals surface area contributed by atoms with Crippen LogP contribution in [0.25, 0.3) is 5.69 Å². The van der Waals surface area contributed by atoms with Crippen molar-refractivity contribution in [1.82, 2.24) is 24.7 Å². The second-order valence-corrected chi connectivity index (χ2v) is 4.39. The maximum absolute atomic E-state index is 5.48. The zero-order valence-electron chi connectivity index (χ0n) is 11.3. The van der Waals surface area contributed by atoms with E-state index in [-0.39, 0.29) is 17.9 Å². The number of aromatic nitrogens is 5. The summed E-state index contributed by atoms with van der Waals surface area (Å²) in [5.41, 5.74) is 13.0. The Balaban J connectivity index is 1.81. The fraction of sp³-hybridized carbons (Fsp3) is 0.0769. The van der Waals surface area contributed by atoms with Crippen molar-refractivity contribution in [2.45, 2.75) is 6.92 Å². The molecule has 2 heterocycles. The summed E-state index contributed by atoms with van der Waals surface area (Å²) in [4.78, 5) is 11.4. The lowest BCUT2D eigenvalue weighted by Crippen LogP contribution is -2.04. The number of rotatable bonds is 3. The maximum Gasteiger partial charge on any atom is 0.328 e. The number of anilines is 2. The average Bonchev–Trinajstić information content (AvgIpc) is 2.85. The molecule has 0 unspecified atom stereocenters. The molecule has 1 aromatic carbocycles. The van der Waals surface area contributed by atoms with Crippen molar-refractivity contribution in [2.75, 3.05) is 11.5 Å². The van der Waals surface area contributed by atoms with Gasteiger partial charge in [0.2, 0.25) is 11.9 Å². The lowest BCUT2D eigenvalue weighted by atomic mass is 10.3. The van der Waals surface area contributed by atoms with Gasteiger partial charge >= 0.3 is 6.01 Å². The Morgan fingerprint density at radius 1 is 1.00 bits per heavy atom. The molecule has 0 aliphatic carbocycles. The van der Waals surface area contributed by atoms with Gasteiger partial charge in [-0.3, -0.25) is 0 Å². The van der Waals surface area contributed by atoms with E-state index in [9.17, 15) is 0 Å². The van der Waals surface area contributed by atoms with Crippen molar-refractivity contribution in [1.29, 1.82) is 0 Å². The first kappa shape index (κ1) is 12.9. The van der Waals surface area contributed by atoms with Gasteiger partial charge in [0, 0.05) is 6.20 Å². The Bertz CT molecular complexity index is 746. The zero-order chi connectivity index (χ0) is 14.8. The van der Waals surface area contributed by atoms with Crippen molar-refractivity contribution in [3.63, 3.8) is 0 Å². The van der Waals surface area contributed by atoms with Crippen LogP contribution in [0.3, 0.4) is 0 Å². The molecule has 0 aliphatic rings. The molecule has 0 bridgehead atoms. The van der Waals surface area contributed by atoms with Crippen LogP contribution >= 0.6 is 0 Å². The average molecular weight is 283 g/mol. The van der Waals surface area contributed by atoms with Crippen LogP contribution < -0.4 is 16.2 Å². The molecule has 0 fully saturated rings. The Labute approximate surface area is 120 Å². The first-order chi connectivity index (χ1) is 10.1. The topological polar surface area (TPSA) is 118 Å². The Kier molecular flexibility index (Phi) is 3.11. The van der Waals surface area contributed by atoms with Gasteiger partial charge < -0.3 is 16.2 Å². The van der Waals surface area contributed by atoms with Crippen molar-refractivity contribution >= 4 is 11.9 Å². The van der Waals surface area contributed by atoms with E-state index >= 15 is 0 Å². The van der Waals surface area contributed by atoms with Crippen LogP contribution in [0.5, 0.6) is 11.8 Å². The fourth-order valence-electron chi connectivity index (χ4n) is 1.76. The minimum atomic E-state index is 0.0149. The van der Waals surface area contributed by atoms with E-state index < -0.39 is 0 Å². The molecule has 2 aromatic heterocycles. The van der Waals surface area contributed by atoms with Crippen molar-refractivity contribution in [2.24, 2.45) is 0 Å². The molecule has 0 spiro atoms. The molecule has 3 aromatic rings. The number of benzene rings is 1. The standard InChI is InChI=1S/C13H13N7O/c1-8-6-16-20(7-8)9-2-4-10(5-3-9)21-13-18-11(14)17-12(15)19-13/h2-7H,1H3,(H4,14,15,17,18,19). The normalized spacial score (nSPS) is 10.5. The van der Waals surface area contributed by atoms with Crippen LogP contribution in [0.4, 0.5) is 11.9 Å². The van der Waals surface area contributed by atoms with E-state index in [1.54, 1.807) is 23.0 Å². The number of ether oxygens (including phenoxy) is 1. The monoisotopic (exact) mass is 283 g/mol. The summed E-state index contributed by atoms with van der Waals surface area (Å²) in [5, 5.41) is 4.23. The molecule has 21 heavy (non-hydrogen) atoms. The fourth-order valence-corrected chi connectivity index (χ4v) is 1.76. The van der Waals surface area contributed by atoms with E-state index in [1.165, 1.54) is 0 Å². The molecular formula is C13H13N7O. The molecule has 0 atom stereocenters. The molecule has 0 amide bonds. The Hall–Kier alpha value is -3.16. The number of nitrogens with two attached hydrogens (primary N) is 2. The third kappa shape index (κ3) is 2.89. The van der Waals surface area contributed by atoms with Crippen molar-refractivity contribution < 1.29 is 4.74 Å². The Morgan fingerprint density at radius 3 is 2.24 bits per heavy atom. The summed E-state index contributed by atoms with van der Waals surface area (Å²) >= 11 is 0.